The van der Waals surface area contributed by atoms with Crippen molar-refractivity contribution in [2.45, 2.75) is 0 Å². The van der Waals surface area contributed by atoms with Crippen molar-refractivity contribution >= 4 is 22.8 Å². The summed E-state index contributed by atoms with van der Waals surface area (Å²) in [7, 11) is 0. The lowest BCUT2D eigenvalue weighted by Crippen LogP contribution is -1.96. The third-order valence-electron chi connectivity index (χ3n) is 2.12. The average molecular weight is 212 g/mol. The van der Waals surface area contributed by atoms with E-state index in [9.17, 15) is 0 Å². The number of fused-ring (bicyclic) bond motifs is 1. The second-order valence-electron chi connectivity index (χ2n) is 3.17. The summed E-state index contributed by atoms with van der Waals surface area (Å²) in [6.07, 6.45) is 5.05. The fraction of sp³-hybridized carbons (Fsp3) is 0. The molecule has 3 rings (SSSR count). The highest BCUT2D eigenvalue weighted by atomic mass is 15.2. The zero-order valence-corrected chi connectivity index (χ0v) is 8.25. The van der Waals surface area contributed by atoms with E-state index in [1.54, 1.807) is 24.7 Å². The Bertz CT molecular complexity index is 603. The Balaban J connectivity index is 2.01. The maximum Gasteiger partial charge on any atom is 0.228 e. The Morgan fingerprint density at radius 3 is 2.69 bits per heavy atom. The van der Waals surface area contributed by atoms with Crippen molar-refractivity contribution in [3.05, 3.63) is 36.8 Å². The van der Waals surface area contributed by atoms with Crippen LogP contribution >= 0.6 is 0 Å². The highest BCUT2D eigenvalue weighted by Crippen LogP contribution is 2.18. The zero-order valence-electron chi connectivity index (χ0n) is 8.25. The molecule has 0 aromatic carbocycles. The molecule has 0 saturated carbocycles. The van der Waals surface area contributed by atoms with Gasteiger partial charge in [0.2, 0.25) is 5.95 Å². The summed E-state index contributed by atoms with van der Waals surface area (Å²) in [4.78, 5) is 12.3. The van der Waals surface area contributed by atoms with E-state index in [1.165, 1.54) is 0 Å². The fourth-order valence-electron chi connectivity index (χ4n) is 1.41. The summed E-state index contributed by atoms with van der Waals surface area (Å²) in [6.45, 7) is 0. The molecule has 16 heavy (non-hydrogen) atoms. The van der Waals surface area contributed by atoms with Gasteiger partial charge in [-0.3, -0.25) is 10.1 Å². The van der Waals surface area contributed by atoms with Crippen molar-refractivity contribution in [3.63, 3.8) is 0 Å². The van der Waals surface area contributed by atoms with E-state index in [-0.39, 0.29) is 0 Å². The molecule has 0 aliphatic rings. The monoisotopic (exact) mass is 212 g/mol. The van der Waals surface area contributed by atoms with Crippen LogP contribution in [0.4, 0.5) is 11.8 Å². The standard InChI is InChI=1S/C10H8N6/c1-3-7-8(11-4-1)9(16-15-7)14-10-12-5-2-6-13-10/h1-6H,(H2,12,13,14,15,16). The van der Waals surface area contributed by atoms with Gasteiger partial charge in [0.05, 0.1) is 5.52 Å². The molecule has 0 aliphatic carbocycles. The molecule has 6 heteroatoms. The zero-order chi connectivity index (χ0) is 10.8. The molecule has 0 spiro atoms. The highest BCUT2D eigenvalue weighted by molar-refractivity contribution is 5.86. The Labute approximate surface area is 90.8 Å². The van der Waals surface area contributed by atoms with Crippen molar-refractivity contribution in [1.29, 1.82) is 0 Å². The number of nitrogens with zero attached hydrogens (tertiary/aromatic N) is 4. The highest BCUT2D eigenvalue weighted by Gasteiger charge is 2.06. The minimum absolute atomic E-state index is 0.501. The van der Waals surface area contributed by atoms with Crippen molar-refractivity contribution in [1.82, 2.24) is 25.1 Å². The number of H-pyrrole nitrogens is 1. The molecule has 2 N–H and O–H groups in total. The van der Waals surface area contributed by atoms with Crippen molar-refractivity contribution in [3.8, 4) is 0 Å². The number of aromatic nitrogens is 5. The summed E-state index contributed by atoms with van der Waals surface area (Å²) in [5, 5.41) is 9.99. The Morgan fingerprint density at radius 2 is 1.81 bits per heavy atom. The average Bonchev–Trinajstić information content (AvgIpc) is 2.74. The van der Waals surface area contributed by atoms with Gasteiger partial charge in [-0.05, 0) is 18.2 Å². The molecule has 6 nitrogen and oxygen atoms in total. The number of hydrogen-bond donors (Lipinski definition) is 2. The van der Waals surface area contributed by atoms with E-state index < -0.39 is 0 Å². The molecule has 0 aliphatic heterocycles. The molecule has 3 aromatic heterocycles. The number of rotatable bonds is 2. The van der Waals surface area contributed by atoms with Crippen LogP contribution in [0.2, 0.25) is 0 Å². The molecule has 0 saturated heterocycles. The smallest absolute Gasteiger partial charge is 0.228 e. The molecular weight excluding hydrogens is 204 g/mol. The largest absolute Gasteiger partial charge is 0.305 e. The van der Waals surface area contributed by atoms with Crippen LogP contribution in [0.15, 0.2) is 36.8 Å². The van der Waals surface area contributed by atoms with E-state index >= 15 is 0 Å². The molecular formula is C10H8N6. The summed E-state index contributed by atoms with van der Waals surface area (Å²) < 4.78 is 0. The van der Waals surface area contributed by atoms with Gasteiger partial charge >= 0.3 is 0 Å². The van der Waals surface area contributed by atoms with Gasteiger partial charge in [0, 0.05) is 18.6 Å². The van der Waals surface area contributed by atoms with Crippen LogP contribution in [0.5, 0.6) is 0 Å². The molecule has 0 fully saturated rings. The van der Waals surface area contributed by atoms with Gasteiger partial charge in [-0.1, -0.05) is 0 Å². The molecule has 0 unspecified atom stereocenters. The number of hydrogen-bond acceptors (Lipinski definition) is 5. The van der Waals surface area contributed by atoms with Crippen LogP contribution in [0.3, 0.4) is 0 Å². The van der Waals surface area contributed by atoms with E-state index in [0.717, 1.165) is 11.0 Å². The van der Waals surface area contributed by atoms with Crippen LogP contribution in [0.25, 0.3) is 11.0 Å². The van der Waals surface area contributed by atoms with E-state index in [2.05, 4.69) is 30.5 Å². The van der Waals surface area contributed by atoms with Crippen molar-refractivity contribution in [2.75, 3.05) is 5.32 Å². The first-order valence-corrected chi connectivity index (χ1v) is 4.76. The molecule has 0 radical (unpaired) electrons. The number of aromatic amines is 1. The fourth-order valence-corrected chi connectivity index (χ4v) is 1.41. The molecule has 0 amide bonds. The SMILES string of the molecule is c1cnc(Nc2n[nH]c3cccnc23)nc1. The lowest BCUT2D eigenvalue weighted by molar-refractivity contribution is 1.10. The molecule has 0 bridgehead atoms. The van der Waals surface area contributed by atoms with Crippen LogP contribution in [0.1, 0.15) is 0 Å². The topological polar surface area (TPSA) is 79.4 Å². The first kappa shape index (κ1) is 8.78. The number of anilines is 2. The maximum absolute atomic E-state index is 4.23. The molecule has 3 aromatic rings. The predicted octanol–water partition coefficient (Wildman–Crippen LogP) is 1.49. The molecule has 78 valence electrons. The van der Waals surface area contributed by atoms with Gasteiger partial charge in [-0.25, -0.2) is 9.97 Å². The number of nitrogens with one attached hydrogen (secondary N) is 2. The van der Waals surface area contributed by atoms with Crippen molar-refractivity contribution in [2.24, 2.45) is 0 Å². The minimum atomic E-state index is 0.501. The lowest BCUT2D eigenvalue weighted by Gasteiger charge is -1.99. The van der Waals surface area contributed by atoms with E-state index in [4.69, 9.17) is 0 Å². The summed E-state index contributed by atoms with van der Waals surface area (Å²) in [6, 6.07) is 5.52. The lowest BCUT2D eigenvalue weighted by atomic mass is 10.4. The van der Waals surface area contributed by atoms with Gasteiger partial charge in [-0.15, -0.1) is 0 Å². The molecule has 3 heterocycles. The summed E-state index contributed by atoms with van der Waals surface area (Å²) >= 11 is 0. The maximum atomic E-state index is 4.23. The summed E-state index contributed by atoms with van der Waals surface area (Å²) in [5.41, 5.74) is 1.65. The quantitative estimate of drug-likeness (QED) is 0.672. The Hall–Kier alpha value is -2.50. The second-order valence-corrected chi connectivity index (χ2v) is 3.17. The van der Waals surface area contributed by atoms with E-state index in [1.807, 2.05) is 12.1 Å². The third kappa shape index (κ3) is 1.46. The first-order chi connectivity index (χ1) is 7.93. The van der Waals surface area contributed by atoms with Crippen LogP contribution < -0.4 is 5.32 Å². The summed E-state index contributed by atoms with van der Waals surface area (Å²) in [5.74, 6) is 1.13. The second kappa shape index (κ2) is 3.58. The Morgan fingerprint density at radius 1 is 1.00 bits per heavy atom. The first-order valence-electron chi connectivity index (χ1n) is 4.76. The van der Waals surface area contributed by atoms with Crippen LogP contribution in [-0.4, -0.2) is 25.1 Å². The van der Waals surface area contributed by atoms with E-state index in [0.29, 0.717) is 11.8 Å². The van der Waals surface area contributed by atoms with Crippen molar-refractivity contribution < 1.29 is 0 Å². The number of pyridine rings is 1. The van der Waals surface area contributed by atoms with Gasteiger partial charge < -0.3 is 5.32 Å². The minimum Gasteiger partial charge on any atom is -0.305 e. The van der Waals surface area contributed by atoms with Crippen LogP contribution in [0, 0.1) is 0 Å². The molecule has 0 atom stereocenters. The normalized spacial score (nSPS) is 10.5. The van der Waals surface area contributed by atoms with Gasteiger partial charge in [-0.2, -0.15) is 5.10 Å². The van der Waals surface area contributed by atoms with Gasteiger partial charge in [0.25, 0.3) is 0 Å². The predicted molar refractivity (Wildman–Crippen MR) is 59.2 cm³/mol. The van der Waals surface area contributed by atoms with Crippen LogP contribution in [-0.2, 0) is 0 Å². The van der Waals surface area contributed by atoms with Gasteiger partial charge in [0.1, 0.15) is 5.52 Å². The third-order valence-corrected chi connectivity index (χ3v) is 2.12. The van der Waals surface area contributed by atoms with Gasteiger partial charge in [0.15, 0.2) is 5.82 Å². The Kier molecular flexibility index (Phi) is 1.96.